The Balaban J connectivity index is 2.15. The molecular weight excluding hydrogens is 245 g/mol. The fourth-order valence-electron chi connectivity index (χ4n) is 1.56. The predicted octanol–water partition coefficient (Wildman–Crippen LogP) is 3.13. The number of rotatable bonds is 4. The number of pyridine rings is 1. The zero-order chi connectivity index (χ0) is 13.7. The van der Waals surface area contributed by atoms with Crippen LogP contribution in [0.25, 0.3) is 6.08 Å². The van der Waals surface area contributed by atoms with Gasteiger partial charge in [0.05, 0.1) is 7.11 Å². The Hall–Kier alpha value is -2.49. The molecule has 0 saturated heterocycles. The first-order valence-electron chi connectivity index (χ1n) is 5.66. The number of benzene rings is 1. The van der Waals surface area contributed by atoms with Crippen LogP contribution in [0.15, 0.2) is 48.8 Å². The van der Waals surface area contributed by atoms with Crippen molar-refractivity contribution in [3.05, 3.63) is 65.7 Å². The largest absolute Gasteiger partial charge is 0.494 e. The van der Waals surface area contributed by atoms with Crippen LogP contribution in [0.4, 0.5) is 4.39 Å². The summed E-state index contributed by atoms with van der Waals surface area (Å²) in [6, 6.07) is 7.87. The van der Waals surface area contributed by atoms with Gasteiger partial charge < -0.3 is 4.74 Å². The van der Waals surface area contributed by atoms with Crippen molar-refractivity contribution in [3.8, 4) is 5.75 Å². The molecule has 0 unspecified atom stereocenters. The fraction of sp³-hybridized carbons (Fsp3) is 0.0667. The predicted molar refractivity (Wildman–Crippen MR) is 70.6 cm³/mol. The van der Waals surface area contributed by atoms with E-state index >= 15 is 0 Å². The molecule has 0 saturated carbocycles. The van der Waals surface area contributed by atoms with E-state index in [9.17, 15) is 9.18 Å². The highest BCUT2D eigenvalue weighted by molar-refractivity contribution is 6.06. The molecule has 2 rings (SSSR count). The van der Waals surface area contributed by atoms with Gasteiger partial charge in [0.25, 0.3) is 0 Å². The van der Waals surface area contributed by atoms with Gasteiger partial charge in [-0.1, -0.05) is 12.1 Å². The molecule has 96 valence electrons. The summed E-state index contributed by atoms with van der Waals surface area (Å²) in [7, 11) is 1.40. The minimum atomic E-state index is -0.460. The molecule has 3 nitrogen and oxygen atoms in total. The van der Waals surface area contributed by atoms with Gasteiger partial charge in [0.15, 0.2) is 17.3 Å². The van der Waals surface area contributed by atoms with E-state index in [-0.39, 0.29) is 11.5 Å². The van der Waals surface area contributed by atoms with Gasteiger partial charge in [0.2, 0.25) is 0 Å². The second-order valence-corrected chi connectivity index (χ2v) is 3.83. The van der Waals surface area contributed by atoms with Crippen molar-refractivity contribution in [3.63, 3.8) is 0 Å². The van der Waals surface area contributed by atoms with E-state index in [4.69, 9.17) is 4.74 Å². The Morgan fingerprint density at radius 3 is 2.84 bits per heavy atom. The molecule has 1 aromatic heterocycles. The van der Waals surface area contributed by atoms with Gasteiger partial charge in [0.1, 0.15) is 0 Å². The molecular formula is C15H12FNO2. The molecule has 0 aliphatic carbocycles. The van der Waals surface area contributed by atoms with Crippen molar-refractivity contribution in [1.29, 1.82) is 0 Å². The molecule has 0 aliphatic rings. The quantitative estimate of drug-likeness (QED) is 0.624. The second-order valence-electron chi connectivity index (χ2n) is 3.83. The number of ketones is 1. The summed E-state index contributed by atoms with van der Waals surface area (Å²) >= 11 is 0. The van der Waals surface area contributed by atoms with Crippen LogP contribution in [0.2, 0.25) is 0 Å². The van der Waals surface area contributed by atoms with Crippen LogP contribution in [-0.2, 0) is 0 Å². The van der Waals surface area contributed by atoms with Gasteiger partial charge in [-0.15, -0.1) is 0 Å². The number of hydrogen-bond donors (Lipinski definition) is 0. The first kappa shape index (κ1) is 13.0. The van der Waals surface area contributed by atoms with E-state index in [1.54, 1.807) is 30.5 Å². The first-order chi connectivity index (χ1) is 9.20. The van der Waals surface area contributed by atoms with Gasteiger partial charge in [-0.25, -0.2) is 4.39 Å². The van der Waals surface area contributed by atoms with Gasteiger partial charge in [-0.05, 0) is 35.9 Å². The van der Waals surface area contributed by atoms with Gasteiger partial charge in [0, 0.05) is 18.0 Å². The molecule has 0 N–H and O–H groups in total. The lowest BCUT2D eigenvalue weighted by Crippen LogP contribution is -1.94. The highest BCUT2D eigenvalue weighted by atomic mass is 19.1. The van der Waals surface area contributed by atoms with Crippen LogP contribution >= 0.6 is 0 Å². The van der Waals surface area contributed by atoms with Crippen LogP contribution in [0.3, 0.4) is 0 Å². The molecule has 2 aromatic rings. The molecule has 0 fully saturated rings. The highest BCUT2D eigenvalue weighted by Gasteiger charge is 2.03. The summed E-state index contributed by atoms with van der Waals surface area (Å²) < 4.78 is 18.3. The van der Waals surface area contributed by atoms with Crippen molar-refractivity contribution < 1.29 is 13.9 Å². The lowest BCUT2D eigenvalue weighted by molar-refractivity contribution is 0.104. The van der Waals surface area contributed by atoms with E-state index in [1.165, 1.54) is 31.5 Å². The van der Waals surface area contributed by atoms with Gasteiger partial charge in [-0.3, -0.25) is 9.78 Å². The average Bonchev–Trinajstić information content (AvgIpc) is 2.46. The Bertz CT molecular complexity index is 609. The number of carbonyl (C=O) groups excluding carboxylic acids is 1. The SMILES string of the molecule is COc1ccc(/C=C/C(=O)c2cccnc2)cc1F. The minimum absolute atomic E-state index is 0.177. The Morgan fingerprint density at radius 2 is 2.21 bits per heavy atom. The standard InChI is InChI=1S/C15H12FNO2/c1-19-15-7-5-11(9-13(15)16)4-6-14(18)12-3-2-8-17-10-12/h2-10H,1H3/b6-4+. The summed E-state index contributed by atoms with van der Waals surface area (Å²) in [5.74, 6) is -0.460. The molecule has 0 bridgehead atoms. The number of nitrogens with zero attached hydrogens (tertiary/aromatic N) is 1. The number of halogens is 1. The van der Waals surface area contributed by atoms with Crippen LogP contribution in [0, 0.1) is 5.82 Å². The average molecular weight is 257 g/mol. The molecule has 0 aliphatic heterocycles. The molecule has 4 heteroatoms. The monoisotopic (exact) mass is 257 g/mol. The molecule has 0 radical (unpaired) electrons. The van der Waals surface area contributed by atoms with Crippen molar-refractivity contribution in [2.45, 2.75) is 0 Å². The van der Waals surface area contributed by atoms with Crippen LogP contribution < -0.4 is 4.74 Å². The molecule has 0 spiro atoms. The van der Waals surface area contributed by atoms with Crippen LogP contribution in [-0.4, -0.2) is 17.9 Å². The van der Waals surface area contributed by atoms with E-state index in [1.807, 2.05) is 0 Å². The third kappa shape index (κ3) is 3.25. The third-order valence-corrected chi connectivity index (χ3v) is 2.55. The molecule has 19 heavy (non-hydrogen) atoms. The number of hydrogen-bond acceptors (Lipinski definition) is 3. The van der Waals surface area contributed by atoms with Crippen LogP contribution in [0.1, 0.15) is 15.9 Å². The number of ether oxygens (including phenoxy) is 1. The summed E-state index contributed by atoms with van der Waals surface area (Å²) in [6.07, 6.45) is 6.02. The summed E-state index contributed by atoms with van der Waals surface area (Å²) in [4.78, 5) is 15.6. The maximum atomic E-state index is 13.4. The maximum Gasteiger partial charge on any atom is 0.187 e. The van der Waals surface area contributed by atoms with Crippen molar-refractivity contribution in [2.75, 3.05) is 7.11 Å². The zero-order valence-electron chi connectivity index (χ0n) is 10.3. The first-order valence-corrected chi connectivity index (χ1v) is 5.66. The minimum Gasteiger partial charge on any atom is -0.494 e. The second kappa shape index (κ2) is 5.91. The van der Waals surface area contributed by atoms with Gasteiger partial charge >= 0.3 is 0 Å². The molecule has 0 amide bonds. The number of carbonyl (C=O) groups is 1. The van der Waals surface area contributed by atoms with Gasteiger partial charge in [-0.2, -0.15) is 0 Å². The van der Waals surface area contributed by atoms with Crippen LogP contribution in [0.5, 0.6) is 5.75 Å². The van der Waals surface area contributed by atoms with E-state index in [2.05, 4.69) is 4.98 Å². The third-order valence-electron chi connectivity index (χ3n) is 2.55. The lowest BCUT2D eigenvalue weighted by atomic mass is 10.1. The Labute approximate surface area is 110 Å². The smallest absolute Gasteiger partial charge is 0.187 e. The topological polar surface area (TPSA) is 39.2 Å². The van der Waals surface area contributed by atoms with E-state index < -0.39 is 5.82 Å². The summed E-state index contributed by atoms with van der Waals surface area (Å²) in [5, 5.41) is 0. The van der Waals surface area contributed by atoms with E-state index in [0.717, 1.165) is 0 Å². The Morgan fingerprint density at radius 1 is 1.37 bits per heavy atom. The van der Waals surface area contributed by atoms with Crippen molar-refractivity contribution in [1.82, 2.24) is 4.98 Å². The molecule has 1 heterocycles. The van der Waals surface area contributed by atoms with Crippen molar-refractivity contribution >= 4 is 11.9 Å². The highest BCUT2D eigenvalue weighted by Crippen LogP contribution is 2.18. The number of aromatic nitrogens is 1. The number of methoxy groups -OCH3 is 1. The maximum absolute atomic E-state index is 13.4. The number of allylic oxidation sites excluding steroid dienone is 1. The van der Waals surface area contributed by atoms with E-state index in [0.29, 0.717) is 11.1 Å². The normalized spacial score (nSPS) is 10.6. The summed E-state index contributed by atoms with van der Waals surface area (Å²) in [5.41, 5.74) is 1.09. The zero-order valence-corrected chi connectivity index (χ0v) is 10.3. The Kier molecular flexibility index (Phi) is 4.03. The lowest BCUT2D eigenvalue weighted by Gasteiger charge is -2.01. The summed E-state index contributed by atoms with van der Waals surface area (Å²) in [6.45, 7) is 0. The van der Waals surface area contributed by atoms with Crippen molar-refractivity contribution in [2.24, 2.45) is 0 Å². The fourth-order valence-corrected chi connectivity index (χ4v) is 1.56. The molecule has 1 aromatic carbocycles. The molecule has 0 atom stereocenters.